The van der Waals surface area contributed by atoms with Crippen LogP contribution in [0.1, 0.15) is 26.3 Å². The third-order valence-electron chi connectivity index (χ3n) is 2.58. The van der Waals surface area contributed by atoms with E-state index < -0.39 is 0 Å². The van der Waals surface area contributed by atoms with Gasteiger partial charge in [-0.1, -0.05) is 38.2 Å². The molecule has 0 bridgehead atoms. The Morgan fingerprint density at radius 3 is 2.40 bits per heavy atom. The molecule has 0 aromatic heterocycles. The van der Waals surface area contributed by atoms with E-state index in [1.807, 2.05) is 24.3 Å². The molecule has 1 aromatic carbocycles. The van der Waals surface area contributed by atoms with Gasteiger partial charge in [-0.2, -0.15) is 0 Å². The van der Waals surface area contributed by atoms with Gasteiger partial charge < -0.3 is 11.1 Å². The summed E-state index contributed by atoms with van der Waals surface area (Å²) >= 11 is 5.01. The number of anilines is 1. The summed E-state index contributed by atoms with van der Waals surface area (Å²) in [6.07, 6.45) is 0. The average molecular weight is 222 g/mol. The number of nitrogens with two attached hydrogens (primary N) is 1. The van der Waals surface area contributed by atoms with Crippen LogP contribution in [-0.2, 0) is 0 Å². The predicted molar refractivity (Wildman–Crippen MR) is 70.3 cm³/mol. The van der Waals surface area contributed by atoms with E-state index in [0.29, 0.717) is 16.9 Å². The number of hydrogen-bond donors (Lipinski definition) is 2. The van der Waals surface area contributed by atoms with Gasteiger partial charge in [-0.3, -0.25) is 0 Å². The van der Waals surface area contributed by atoms with E-state index >= 15 is 0 Å². The molecule has 0 spiro atoms. The molecule has 3 heteroatoms. The third-order valence-corrected chi connectivity index (χ3v) is 2.80. The molecule has 1 unspecified atom stereocenters. The Balaban J connectivity index is 2.89. The molecule has 0 aliphatic rings. The minimum absolute atomic E-state index is 0.403. The van der Waals surface area contributed by atoms with Crippen molar-refractivity contribution in [3.05, 3.63) is 29.8 Å². The van der Waals surface area contributed by atoms with Crippen LogP contribution in [0.2, 0.25) is 0 Å². The minimum atomic E-state index is 0.403. The van der Waals surface area contributed by atoms with Gasteiger partial charge in [0.15, 0.2) is 0 Å². The summed E-state index contributed by atoms with van der Waals surface area (Å²) in [5, 5.41) is 3.42. The van der Waals surface area contributed by atoms with Crippen molar-refractivity contribution < 1.29 is 0 Å². The Bertz CT molecular complexity index is 347. The van der Waals surface area contributed by atoms with Crippen molar-refractivity contribution in [3.8, 4) is 0 Å². The van der Waals surface area contributed by atoms with Crippen LogP contribution >= 0.6 is 12.2 Å². The lowest BCUT2D eigenvalue weighted by Crippen LogP contribution is -2.23. The Morgan fingerprint density at radius 1 is 1.27 bits per heavy atom. The lowest BCUT2D eigenvalue weighted by Gasteiger charge is -2.20. The highest BCUT2D eigenvalue weighted by molar-refractivity contribution is 7.80. The Kier molecular flexibility index (Phi) is 4.09. The Morgan fingerprint density at radius 2 is 1.87 bits per heavy atom. The number of para-hydroxylation sites is 1. The highest BCUT2D eigenvalue weighted by Crippen LogP contribution is 2.17. The predicted octanol–water partition coefficient (Wildman–Crippen LogP) is 2.78. The highest BCUT2D eigenvalue weighted by atomic mass is 32.1. The van der Waals surface area contributed by atoms with Gasteiger partial charge in [-0.25, -0.2) is 0 Å². The topological polar surface area (TPSA) is 38.0 Å². The quantitative estimate of drug-likeness (QED) is 0.769. The zero-order chi connectivity index (χ0) is 11.4. The first kappa shape index (κ1) is 12.0. The van der Waals surface area contributed by atoms with E-state index in [9.17, 15) is 0 Å². The third kappa shape index (κ3) is 3.20. The van der Waals surface area contributed by atoms with Crippen LogP contribution < -0.4 is 11.1 Å². The molecular weight excluding hydrogens is 204 g/mol. The van der Waals surface area contributed by atoms with E-state index in [4.69, 9.17) is 18.0 Å². The van der Waals surface area contributed by atoms with Crippen molar-refractivity contribution in [3.63, 3.8) is 0 Å². The van der Waals surface area contributed by atoms with Crippen molar-refractivity contribution in [1.82, 2.24) is 0 Å². The molecule has 1 aromatic rings. The number of nitrogens with one attached hydrogen (secondary N) is 1. The molecule has 0 fully saturated rings. The lowest BCUT2D eigenvalue weighted by atomic mass is 10.1. The van der Waals surface area contributed by atoms with Crippen molar-refractivity contribution in [2.24, 2.45) is 11.7 Å². The van der Waals surface area contributed by atoms with Crippen LogP contribution in [0.4, 0.5) is 5.69 Å². The second-order valence-corrected chi connectivity index (χ2v) is 4.53. The van der Waals surface area contributed by atoms with Gasteiger partial charge >= 0.3 is 0 Å². The molecule has 0 aliphatic heterocycles. The van der Waals surface area contributed by atoms with E-state index in [1.54, 1.807) is 0 Å². The first-order valence-corrected chi connectivity index (χ1v) is 5.58. The maximum absolute atomic E-state index is 5.66. The number of benzene rings is 1. The molecule has 82 valence electrons. The average Bonchev–Trinajstić information content (AvgIpc) is 2.18. The van der Waals surface area contributed by atoms with Crippen molar-refractivity contribution >= 4 is 22.9 Å². The van der Waals surface area contributed by atoms with Gasteiger partial charge in [0, 0.05) is 17.3 Å². The van der Waals surface area contributed by atoms with Crippen LogP contribution in [-0.4, -0.2) is 11.0 Å². The smallest absolute Gasteiger partial charge is 0.106 e. The fourth-order valence-electron chi connectivity index (χ4n) is 1.24. The van der Waals surface area contributed by atoms with Gasteiger partial charge in [-0.15, -0.1) is 0 Å². The second kappa shape index (κ2) is 5.12. The zero-order valence-electron chi connectivity index (χ0n) is 9.45. The highest BCUT2D eigenvalue weighted by Gasteiger charge is 2.09. The second-order valence-electron chi connectivity index (χ2n) is 4.09. The number of thiocarbonyl (C=S) groups is 1. The summed E-state index contributed by atoms with van der Waals surface area (Å²) in [7, 11) is 0. The van der Waals surface area contributed by atoms with Crippen molar-refractivity contribution in [2.75, 3.05) is 5.32 Å². The normalized spacial score (nSPS) is 12.5. The molecule has 15 heavy (non-hydrogen) atoms. The molecule has 0 heterocycles. The maximum Gasteiger partial charge on any atom is 0.106 e. The van der Waals surface area contributed by atoms with Crippen LogP contribution in [0.15, 0.2) is 24.3 Å². The molecule has 0 aliphatic carbocycles. The van der Waals surface area contributed by atoms with E-state index in [2.05, 4.69) is 26.1 Å². The van der Waals surface area contributed by atoms with Crippen LogP contribution in [0.3, 0.4) is 0 Å². The van der Waals surface area contributed by atoms with Crippen molar-refractivity contribution in [1.29, 1.82) is 0 Å². The molecule has 0 radical (unpaired) electrons. The first-order chi connectivity index (χ1) is 7.02. The van der Waals surface area contributed by atoms with Gasteiger partial charge in [0.05, 0.1) is 0 Å². The van der Waals surface area contributed by atoms with E-state index in [0.717, 1.165) is 11.3 Å². The molecule has 0 saturated heterocycles. The fraction of sp³-hybridized carbons (Fsp3) is 0.417. The summed E-state index contributed by atoms with van der Waals surface area (Å²) in [4.78, 5) is 0.439. The lowest BCUT2D eigenvalue weighted by molar-refractivity contribution is 0.560. The molecule has 0 amide bonds. The van der Waals surface area contributed by atoms with E-state index in [1.165, 1.54) is 0 Å². The van der Waals surface area contributed by atoms with Crippen LogP contribution in [0.25, 0.3) is 0 Å². The summed E-state index contributed by atoms with van der Waals surface area (Å²) in [5.41, 5.74) is 7.59. The molecule has 2 nitrogen and oxygen atoms in total. The summed E-state index contributed by atoms with van der Waals surface area (Å²) in [6.45, 7) is 6.52. The number of hydrogen-bond acceptors (Lipinski definition) is 2. The largest absolute Gasteiger partial charge is 0.389 e. The molecular formula is C12H18N2S. The number of rotatable bonds is 4. The van der Waals surface area contributed by atoms with Gasteiger partial charge in [0.2, 0.25) is 0 Å². The monoisotopic (exact) mass is 222 g/mol. The molecule has 1 rings (SSSR count). The molecule has 1 atom stereocenters. The fourth-order valence-corrected chi connectivity index (χ4v) is 1.41. The SMILES string of the molecule is CC(C)C(C)Nc1ccccc1C(N)=S. The maximum atomic E-state index is 5.66. The first-order valence-electron chi connectivity index (χ1n) is 5.17. The van der Waals surface area contributed by atoms with Gasteiger partial charge in [0.25, 0.3) is 0 Å². The zero-order valence-corrected chi connectivity index (χ0v) is 10.3. The molecule has 3 N–H and O–H groups in total. The standard InChI is InChI=1S/C12H18N2S/c1-8(2)9(3)14-11-7-5-4-6-10(11)12(13)15/h4-9,14H,1-3H3,(H2,13,15). The Labute approximate surface area is 96.9 Å². The summed E-state index contributed by atoms with van der Waals surface area (Å²) in [6, 6.07) is 8.28. The summed E-state index contributed by atoms with van der Waals surface area (Å²) < 4.78 is 0. The van der Waals surface area contributed by atoms with Crippen LogP contribution in [0.5, 0.6) is 0 Å². The van der Waals surface area contributed by atoms with E-state index in [-0.39, 0.29) is 0 Å². The minimum Gasteiger partial charge on any atom is -0.389 e. The Hall–Kier alpha value is -1.09. The molecule has 0 saturated carbocycles. The van der Waals surface area contributed by atoms with Crippen molar-refractivity contribution in [2.45, 2.75) is 26.8 Å². The van der Waals surface area contributed by atoms with Gasteiger partial charge in [-0.05, 0) is 25.0 Å². The summed E-state index contributed by atoms with van der Waals surface area (Å²) in [5.74, 6) is 0.574. The van der Waals surface area contributed by atoms with Crippen LogP contribution in [0, 0.1) is 5.92 Å². The van der Waals surface area contributed by atoms with Gasteiger partial charge in [0.1, 0.15) is 4.99 Å².